The van der Waals surface area contributed by atoms with Crippen molar-refractivity contribution in [2.75, 3.05) is 53.6 Å². The molecule has 2 atom stereocenters. The number of ether oxygens (including phenoxy) is 4. The Bertz CT molecular complexity index is 1250. The number of unbranched alkanes of at least 4 members (excludes halogenated alkanes) is 2. The number of nitrogens with zero attached hydrogens (tertiary/aromatic N) is 1. The summed E-state index contributed by atoms with van der Waals surface area (Å²) < 4.78 is 21.2. The summed E-state index contributed by atoms with van der Waals surface area (Å²) in [6, 6.07) is 18.8. The van der Waals surface area contributed by atoms with Crippen LogP contribution in [0.2, 0.25) is 0 Å². The van der Waals surface area contributed by atoms with Gasteiger partial charge in [0.15, 0.2) is 0 Å². The standard InChI is InChI=1S/C20H29NO4.C11H21NO2.C9H9BrO2.CH4/c1-16(22)8-6-7-15-25-18-11-13-21(14-12-18)19(20(23)24-2)17-9-4-3-5-10-17;1-10(13)4-2-3-9-14-11-5-7-12-8-6-11;1-12-9(11)8(10)7-5-3-2-4-6-7;/h3-5,9-10,18-19H,6-8,11-15H2,1-2H3;11-12H,2-9H2,1H3;2-6,8H,1H3;1H4. The lowest BCUT2D eigenvalue weighted by molar-refractivity contribution is -0.148. The average molecular weight is 792 g/mol. The Kier molecular flexibility index (Phi) is 25.8. The van der Waals surface area contributed by atoms with Gasteiger partial charge in [-0.1, -0.05) is 84.0 Å². The molecule has 11 heteroatoms. The number of methoxy groups -OCH3 is 2. The third-order valence-electron chi connectivity index (χ3n) is 8.72. The summed E-state index contributed by atoms with van der Waals surface area (Å²) in [6.45, 7) is 8.58. The van der Waals surface area contributed by atoms with Gasteiger partial charge >= 0.3 is 11.9 Å². The topological polar surface area (TPSA) is 120 Å². The number of carbonyl (C=O) groups excluding carboxylic acids is 4. The zero-order chi connectivity index (χ0) is 37.3. The number of carbonyl (C=O) groups is 4. The summed E-state index contributed by atoms with van der Waals surface area (Å²) in [5.74, 6) is 0.0333. The van der Waals surface area contributed by atoms with Crippen LogP contribution in [0.25, 0.3) is 0 Å². The summed E-state index contributed by atoms with van der Waals surface area (Å²) in [4.78, 5) is 46.7. The van der Waals surface area contributed by atoms with Gasteiger partial charge in [0.25, 0.3) is 0 Å². The summed E-state index contributed by atoms with van der Waals surface area (Å²) >= 11 is 3.24. The highest BCUT2D eigenvalue weighted by atomic mass is 79.9. The highest BCUT2D eigenvalue weighted by molar-refractivity contribution is 9.09. The summed E-state index contributed by atoms with van der Waals surface area (Å²) in [6.07, 6.45) is 9.93. The zero-order valence-corrected chi connectivity index (χ0v) is 32.6. The Labute approximate surface area is 320 Å². The first-order valence-corrected chi connectivity index (χ1v) is 19.1. The van der Waals surface area contributed by atoms with Gasteiger partial charge < -0.3 is 33.9 Å². The number of hydrogen-bond donors (Lipinski definition) is 1. The molecule has 0 saturated carbocycles. The summed E-state index contributed by atoms with van der Waals surface area (Å²) in [7, 11) is 2.81. The minimum absolute atomic E-state index is 0. The van der Waals surface area contributed by atoms with E-state index in [9.17, 15) is 19.2 Å². The van der Waals surface area contributed by atoms with Crippen molar-refractivity contribution >= 4 is 39.4 Å². The van der Waals surface area contributed by atoms with E-state index in [1.165, 1.54) is 14.2 Å². The number of alkyl halides is 1. The van der Waals surface area contributed by atoms with Gasteiger partial charge in [-0.05, 0) is 89.4 Å². The molecule has 0 radical (unpaired) electrons. The smallest absolute Gasteiger partial charge is 0.327 e. The van der Waals surface area contributed by atoms with Crippen LogP contribution in [0.1, 0.15) is 107 Å². The number of benzene rings is 2. The van der Waals surface area contributed by atoms with E-state index in [1.54, 1.807) is 13.8 Å². The number of likely N-dealkylation sites (tertiary alicyclic amines) is 1. The third kappa shape index (κ3) is 19.8. The fourth-order valence-electron chi connectivity index (χ4n) is 5.82. The maximum atomic E-state index is 12.3. The number of nitrogens with one attached hydrogen (secondary N) is 1. The van der Waals surface area contributed by atoms with E-state index < -0.39 is 0 Å². The second-order valence-electron chi connectivity index (χ2n) is 12.9. The van der Waals surface area contributed by atoms with Crippen molar-refractivity contribution in [1.29, 1.82) is 0 Å². The zero-order valence-electron chi connectivity index (χ0n) is 31.0. The molecule has 0 amide bonds. The molecule has 2 fully saturated rings. The van der Waals surface area contributed by atoms with Gasteiger partial charge in [0.1, 0.15) is 22.4 Å². The monoisotopic (exact) mass is 790 g/mol. The van der Waals surface area contributed by atoms with E-state index in [4.69, 9.17) is 14.2 Å². The van der Waals surface area contributed by atoms with Crippen LogP contribution < -0.4 is 5.32 Å². The predicted molar refractivity (Wildman–Crippen MR) is 210 cm³/mol. The SMILES string of the molecule is C.CC(=O)CCCCOC1CCNCC1.COC(=O)C(Br)c1ccccc1.COC(=O)C(c1ccccc1)N1CCC(OCCCCC(C)=O)CC1. The van der Waals surface area contributed by atoms with Crippen LogP contribution in [0.4, 0.5) is 0 Å². The number of esters is 2. The second-order valence-corrected chi connectivity index (χ2v) is 13.8. The van der Waals surface area contributed by atoms with E-state index >= 15 is 0 Å². The van der Waals surface area contributed by atoms with E-state index in [-0.39, 0.29) is 47.9 Å². The summed E-state index contributed by atoms with van der Waals surface area (Å²) in [5.41, 5.74) is 1.88. The van der Waals surface area contributed by atoms with Crippen molar-refractivity contribution in [3.05, 3.63) is 71.8 Å². The molecule has 0 aliphatic carbocycles. The highest BCUT2D eigenvalue weighted by Crippen LogP contribution is 2.27. The normalized spacial score (nSPS) is 16.0. The van der Waals surface area contributed by atoms with Crippen LogP contribution >= 0.6 is 15.9 Å². The van der Waals surface area contributed by atoms with Crippen molar-refractivity contribution in [3.8, 4) is 0 Å². The van der Waals surface area contributed by atoms with Crippen LogP contribution in [0.3, 0.4) is 0 Å². The number of Topliss-reactive ketones (excluding diaryl/α,β-unsaturated/α-hetero) is 2. The van der Waals surface area contributed by atoms with Crippen LogP contribution in [0.15, 0.2) is 60.7 Å². The highest BCUT2D eigenvalue weighted by Gasteiger charge is 2.32. The number of rotatable bonds is 17. The Balaban J connectivity index is 0.000000424. The van der Waals surface area contributed by atoms with Crippen LogP contribution in [-0.4, -0.2) is 94.2 Å². The van der Waals surface area contributed by atoms with Gasteiger partial charge in [0.2, 0.25) is 0 Å². The van der Waals surface area contributed by atoms with Crippen LogP contribution in [0, 0.1) is 0 Å². The third-order valence-corrected chi connectivity index (χ3v) is 9.62. The van der Waals surface area contributed by atoms with E-state index in [0.29, 0.717) is 25.6 Å². The second kappa shape index (κ2) is 28.5. The fraction of sp³-hybridized carbons (Fsp3) is 0.610. The lowest BCUT2D eigenvalue weighted by Crippen LogP contribution is -2.42. The molecule has 0 bridgehead atoms. The van der Waals surface area contributed by atoms with E-state index in [2.05, 4.69) is 30.9 Å². The molecule has 10 nitrogen and oxygen atoms in total. The average Bonchev–Trinajstić information content (AvgIpc) is 3.16. The number of halogens is 1. The van der Waals surface area contributed by atoms with Crippen molar-refractivity contribution in [3.63, 3.8) is 0 Å². The van der Waals surface area contributed by atoms with Gasteiger partial charge in [-0.3, -0.25) is 9.69 Å². The molecular formula is C41H63BrN2O8. The molecule has 2 aliphatic heterocycles. The van der Waals surface area contributed by atoms with Gasteiger partial charge in [0, 0.05) is 39.1 Å². The minimum Gasteiger partial charge on any atom is -0.468 e. The van der Waals surface area contributed by atoms with Crippen molar-refractivity contribution in [2.24, 2.45) is 0 Å². The van der Waals surface area contributed by atoms with Gasteiger partial charge in [-0.15, -0.1) is 0 Å². The van der Waals surface area contributed by atoms with Gasteiger partial charge in [-0.25, -0.2) is 4.79 Å². The Morgan fingerprint density at radius 2 is 1.13 bits per heavy atom. The first-order valence-electron chi connectivity index (χ1n) is 18.2. The Morgan fingerprint density at radius 3 is 1.58 bits per heavy atom. The number of piperidine rings is 2. The van der Waals surface area contributed by atoms with Gasteiger partial charge in [0.05, 0.1) is 26.4 Å². The maximum absolute atomic E-state index is 12.3. The van der Waals surface area contributed by atoms with Crippen molar-refractivity contribution < 1.29 is 38.1 Å². The molecule has 0 spiro atoms. The van der Waals surface area contributed by atoms with Crippen molar-refractivity contribution in [2.45, 2.75) is 109 Å². The molecule has 2 saturated heterocycles. The van der Waals surface area contributed by atoms with Crippen molar-refractivity contribution in [1.82, 2.24) is 10.2 Å². The number of hydrogen-bond acceptors (Lipinski definition) is 10. The molecule has 2 aromatic carbocycles. The molecule has 4 rings (SSSR count). The Morgan fingerprint density at radius 1 is 0.692 bits per heavy atom. The van der Waals surface area contributed by atoms with E-state index in [1.807, 2.05) is 60.7 Å². The fourth-order valence-corrected chi connectivity index (χ4v) is 6.31. The molecule has 2 unspecified atom stereocenters. The molecule has 2 aliphatic rings. The molecule has 1 N–H and O–H groups in total. The lowest BCUT2D eigenvalue weighted by atomic mass is 10.0. The first kappa shape index (κ1) is 47.1. The lowest BCUT2D eigenvalue weighted by Gasteiger charge is -2.36. The largest absolute Gasteiger partial charge is 0.468 e. The van der Waals surface area contributed by atoms with Gasteiger partial charge in [-0.2, -0.15) is 0 Å². The molecular weight excluding hydrogens is 728 g/mol. The molecule has 292 valence electrons. The molecule has 52 heavy (non-hydrogen) atoms. The Hall–Kier alpha value is -2.96. The molecule has 0 aromatic heterocycles. The predicted octanol–water partition coefficient (Wildman–Crippen LogP) is 7.59. The van der Waals surface area contributed by atoms with Crippen LogP contribution in [0.5, 0.6) is 0 Å². The number of ketones is 2. The maximum Gasteiger partial charge on any atom is 0.327 e. The van der Waals surface area contributed by atoms with Crippen LogP contribution in [-0.2, 0) is 38.1 Å². The first-order chi connectivity index (χ1) is 24.7. The minimum atomic E-state index is -0.358. The molecule has 2 aromatic rings. The molecule has 2 heterocycles. The summed E-state index contributed by atoms with van der Waals surface area (Å²) in [5, 5.41) is 3.31. The quantitative estimate of drug-likeness (QED) is 0.0976. The van der Waals surface area contributed by atoms with E-state index in [0.717, 1.165) is 95.3 Å².